The Labute approximate surface area is 184 Å². The van der Waals surface area contributed by atoms with Crippen molar-refractivity contribution in [1.82, 2.24) is 14.8 Å². The smallest absolute Gasteiger partial charge is 0.342 e. The molecule has 0 aliphatic carbocycles. The lowest BCUT2D eigenvalue weighted by Gasteiger charge is -2.17. The van der Waals surface area contributed by atoms with Crippen LogP contribution in [-0.2, 0) is 11.3 Å². The molecule has 2 aromatic carbocycles. The minimum Gasteiger partial charge on any atom is -0.460 e. The molecule has 0 saturated heterocycles. The number of fused-ring (bicyclic) bond motifs is 1. The highest BCUT2D eigenvalue weighted by Crippen LogP contribution is 2.30. The molecule has 0 fully saturated rings. The molecule has 0 saturated carbocycles. The molecule has 8 heteroatoms. The number of carbonyl (C=O) groups is 1. The predicted octanol–water partition coefficient (Wildman–Crippen LogP) is 3.37. The highest BCUT2D eigenvalue weighted by Gasteiger charge is 2.26. The summed E-state index contributed by atoms with van der Waals surface area (Å²) in [6, 6.07) is 16.7. The first-order valence-electron chi connectivity index (χ1n) is 10.2. The Hall–Kier alpha value is -4.04. The first-order chi connectivity index (χ1) is 15.6. The molecule has 0 bridgehead atoms. The average Bonchev–Trinajstić information content (AvgIpc) is 2.84. The SMILES string of the molecule is CCn1nc(-c2ccccc2)c(C(=O)OCCO)c(Nc2cncc3ccccc23)c1=O. The van der Waals surface area contributed by atoms with Crippen molar-refractivity contribution in [2.24, 2.45) is 0 Å². The summed E-state index contributed by atoms with van der Waals surface area (Å²) < 4.78 is 6.50. The molecule has 0 atom stereocenters. The minimum atomic E-state index is -0.749. The van der Waals surface area contributed by atoms with Gasteiger partial charge >= 0.3 is 5.97 Å². The summed E-state index contributed by atoms with van der Waals surface area (Å²) in [5, 5.41) is 18.4. The van der Waals surface area contributed by atoms with E-state index < -0.39 is 11.5 Å². The van der Waals surface area contributed by atoms with Crippen LogP contribution >= 0.6 is 0 Å². The van der Waals surface area contributed by atoms with E-state index in [9.17, 15) is 9.59 Å². The molecule has 0 amide bonds. The zero-order valence-corrected chi connectivity index (χ0v) is 17.5. The van der Waals surface area contributed by atoms with E-state index in [0.29, 0.717) is 23.5 Å². The van der Waals surface area contributed by atoms with Crippen LogP contribution in [-0.4, -0.2) is 39.1 Å². The van der Waals surface area contributed by atoms with Gasteiger partial charge in [0.15, 0.2) is 0 Å². The number of benzene rings is 2. The van der Waals surface area contributed by atoms with Gasteiger partial charge in [0, 0.05) is 29.1 Å². The summed E-state index contributed by atoms with van der Waals surface area (Å²) in [6.45, 7) is 1.59. The number of hydrogen-bond donors (Lipinski definition) is 2. The first-order valence-corrected chi connectivity index (χ1v) is 10.2. The van der Waals surface area contributed by atoms with E-state index in [1.807, 2.05) is 42.5 Å². The largest absolute Gasteiger partial charge is 0.460 e. The number of aliphatic hydroxyl groups is 1. The van der Waals surface area contributed by atoms with Gasteiger partial charge < -0.3 is 15.2 Å². The third-order valence-electron chi connectivity index (χ3n) is 4.96. The fourth-order valence-corrected chi connectivity index (χ4v) is 3.46. The van der Waals surface area contributed by atoms with Gasteiger partial charge in [0.25, 0.3) is 5.56 Å². The van der Waals surface area contributed by atoms with Gasteiger partial charge in [-0.3, -0.25) is 9.78 Å². The van der Waals surface area contributed by atoms with Crippen molar-refractivity contribution in [3.05, 3.63) is 82.9 Å². The second-order valence-corrected chi connectivity index (χ2v) is 6.98. The van der Waals surface area contributed by atoms with Crippen LogP contribution in [0.4, 0.5) is 11.4 Å². The van der Waals surface area contributed by atoms with Crippen LogP contribution < -0.4 is 10.9 Å². The molecule has 0 unspecified atom stereocenters. The van der Waals surface area contributed by atoms with E-state index in [1.165, 1.54) is 4.68 Å². The van der Waals surface area contributed by atoms with Gasteiger partial charge in [-0.25, -0.2) is 9.48 Å². The molecule has 0 spiro atoms. The van der Waals surface area contributed by atoms with E-state index in [0.717, 1.165) is 10.8 Å². The van der Waals surface area contributed by atoms with Crippen molar-refractivity contribution >= 4 is 28.1 Å². The Morgan fingerprint density at radius 1 is 1.09 bits per heavy atom. The zero-order valence-electron chi connectivity index (χ0n) is 17.5. The van der Waals surface area contributed by atoms with Gasteiger partial charge in [0.2, 0.25) is 0 Å². The quantitative estimate of drug-likeness (QED) is 0.433. The van der Waals surface area contributed by atoms with E-state index in [1.54, 1.807) is 31.5 Å². The van der Waals surface area contributed by atoms with Gasteiger partial charge in [-0.05, 0) is 6.92 Å². The highest BCUT2D eigenvalue weighted by molar-refractivity contribution is 6.03. The molecule has 2 aromatic heterocycles. The van der Waals surface area contributed by atoms with Crippen LogP contribution in [0.15, 0.2) is 71.8 Å². The van der Waals surface area contributed by atoms with E-state index in [2.05, 4.69) is 15.4 Å². The number of nitrogens with one attached hydrogen (secondary N) is 1. The molecule has 162 valence electrons. The number of anilines is 2. The van der Waals surface area contributed by atoms with Crippen molar-refractivity contribution in [2.45, 2.75) is 13.5 Å². The average molecular weight is 430 g/mol. The molecule has 32 heavy (non-hydrogen) atoms. The van der Waals surface area contributed by atoms with Crippen LogP contribution in [0.25, 0.3) is 22.0 Å². The third kappa shape index (κ3) is 4.08. The number of ether oxygens (including phenoxy) is 1. The number of pyridine rings is 1. The number of nitrogens with zero attached hydrogens (tertiary/aromatic N) is 3. The number of esters is 1. The Balaban J connectivity index is 1.97. The van der Waals surface area contributed by atoms with Crippen molar-refractivity contribution in [1.29, 1.82) is 0 Å². The number of aliphatic hydroxyl groups excluding tert-OH is 1. The number of aromatic nitrogens is 3. The van der Waals surface area contributed by atoms with Gasteiger partial charge in [0.1, 0.15) is 23.6 Å². The maximum atomic E-state index is 13.3. The number of hydrogen-bond acceptors (Lipinski definition) is 7. The summed E-state index contributed by atoms with van der Waals surface area (Å²) in [4.78, 5) is 30.6. The second kappa shape index (κ2) is 9.40. The van der Waals surface area contributed by atoms with Gasteiger partial charge in [-0.1, -0.05) is 54.6 Å². The zero-order chi connectivity index (χ0) is 22.5. The standard InChI is InChI=1S/C24H22N4O4/c1-2-28-23(30)22(26-19-15-25-14-17-10-6-7-11-18(17)19)20(24(31)32-13-12-29)21(27-28)16-8-4-3-5-9-16/h3-11,14-15,26,29H,2,12-13H2,1H3. The Morgan fingerprint density at radius 2 is 1.84 bits per heavy atom. The number of aryl methyl sites for hydroxylation is 1. The van der Waals surface area contributed by atoms with Crippen LogP contribution in [0.5, 0.6) is 0 Å². The van der Waals surface area contributed by atoms with E-state index in [-0.39, 0.29) is 24.5 Å². The first kappa shape index (κ1) is 21.2. The Morgan fingerprint density at radius 3 is 2.59 bits per heavy atom. The Bertz CT molecular complexity index is 1310. The van der Waals surface area contributed by atoms with Crippen molar-refractivity contribution < 1.29 is 14.6 Å². The predicted molar refractivity (Wildman–Crippen MR) is 122 cm³/mol. The third-order valence-corrected chi connectivity index (χ3v) is 4.96. The van der Waals surface area contributed by atoms with Crippen LogP contribution in [0.2, 0.25) is 0 Å². The summed E-state index contributed by atoms with van der Waals surface area (Å²) >= 11 is 0. The topological polar surface area (TPSA) is 106 Å². The van der Waals surface area contributed by atoms with Gasteiger partial charge in [-0.15, -0.1) is 0 Å². The summed E-state index contributed by atoms with van der Waals surface area (Å²) in [7, 11) is 0. The maximum absolute atomic E-state index is 13.3. The lowest BCUT2D eigenvalue weighted by Crippen LogP contribution is -2.29. The van der Waals surface area contributed by atoms with Crippen molar-refractivity contribution in [3.63, 3.8) is 0 Å². The molecular weight excluding hydrogens is 408 g/mol. The molecule has 2 heterocycles. The fourth-order valence-electron chi connectivity index (χ4n) is 3.46. The van der Waals surface area contributed by atoms with E-state index >= 15 is 0 Å². The normalized spacial score (nSPS) is 10.8. The molecule has 0 radical (unpaired) electrons. The van der Waals surface area contributed by atoms with E-state index in [4.69, 9.17) is 9.84 Å². The minimum absolute atomic E-state index is 0.00674. The van der Waals surface area contributed by atoms with Crippen LogP contribution in [0, 0.1) is 0 Å². The van der Waals surface area contributed by atoms with Crippen LogP contribution in [0.1, 0.15) is 17.3 Å². The molecule has 0 aliphatic heterocycles. The monoisotopic (exact) mass is 430 g/mol. The lowest BCUT2D eigenvalue weighted by molar-refractivity contribution is 0.0435. The number of rotatable bonds is 7. The Kier molecular flexibility index (Phi) is 6.23. The van der Waals surface area contributed by atoms with Gasteiger partial charge in [0.05, 0.1) is 18.5 Å². The van der Waals surface area contributed by atoms with Gasteiger partial charge in [-0.2, -0.15) is 5.10 Å². The lowest BCUT2D eigenvalue weighted by atomic mass is 10.0. The molecule has 4 aromatic rings. The number of carbonyl (C=O) groups excluding carboxylic acids is 1. The van der Waals surface area contributed by atoms with Crippen molar-refractivity contribution in [3.8, 4) is 11.3 Å². The molecule has 8 nitrogen and oxygen atoms in total. The fraction of sp³-hybridized carbons (Fsp3) is 0.167. The molecular formula is C24H22N4O4. The summed E-state index contributed by atoms with van der Waals surface area (Å²) in [5.41, 5.74) is 1.13. The highest BCUT2D eigenvalue weighted by atomic mass is 16.5. The van der Waals surface area contributed by atoms with Crippen molar-refractivity contribution in [2.75, 3.05) is 18.5 Å². The summed E-state index contributed by atoms with van der Waals surface area (Å²) in [6.07, 6.45) is 3.33. The molecule has 0 aliphatic rings. The summed E-state index contributed by atoms with van der Waals surface area (Å²) in [5.74, 6) is -0.749. The molecule has 4 rings (SSSR count). The maximum Gasteiger partial charge on any atom is 0.342 e. The van der Waals surface area contributed by atoms with Crippen LogP contribution in [0.3, 0.4) is 0 Å². The second-order valence-electron chi connectivity index (χ2n) is 6.98. The molecule has 2 N–H and O–H groups in total.